The molecule has 0 bridgehead atoms. The van der Waals surface area contributed by atoms with Gasteiger partial charge in [-0.2, -0.15) is 5.10 Å². The Labute approximate surface area is 214 Å². The molecule has 0 radical (unpaired) electrons. The van der Waals surface area contributed by atoms with Gasteiger partial charge in [0.1, 0.15) is 12.2 Å². The number of nitrogens with zero attached hydrogens (tertiary/aromatic N) is 1. The van der Waals surface area contributed by atoms with E-state index >= 15 is 0 Å². The first-order valence-corrected chi connectivity index (χ1v) is 11.4. The number of para-hydroxylation sites is 2. The summed E-state index contributed by atoms with van der Waals surface area (Å²) in [5.74, 6) is -1.58. The minimum Gasteiger partial charge on any atom is -0.493 e. The maximum Gasteiger partial charge on any atom is 0.262 e. The van der Waals surface area contributed by atoms with Crippen LogP contribution in [0.2, 0.25) is 0 Å². The van der Waals surface area contributed by atoms with Gasteiger partial charge in [0.2, 0.25) is 11.8 Å². The van der Waals surface area contributed by atoms with E-state index in [-0.39, 0.29) is 18.0 Å². The van der Waals surface area contributed by atoms with Crippen LogP contribution in [-0.2, 0) is 14.4 Å². The lowest BCUT2D eigenvalue weighted by atomic mass is 10.2. The molecule has 0 aromatic heterocycles. The zero-order valence-corrected chi connectivity index (χ0v) is 20.7. The van der Waals surface area contributed by atoms with Crippen LogP contribution in [0.4, 0.5) is 15.8 Å². The summed E-state index contributed by atoms with van der Waals surface area (Å²) in [6, 6.07) is 17.6. The summed E-state index contributed by atoms with van der Waals surface area (Å²) in [6.07, 6.45) is 0.949. The molecular weight excluding hydrogens is 535 g/mol. The number of nitrogens with one attached hydrogen (secondary N) is 3. The van der Waals surface area contributed by atoms with Crippen molar-refractivity contribution < 1.29 is 28.2 Å². The number of ether oxygens (including phenoxy) is 2. The number of hydrazone groups is 1. The molecule has 0 unspecified atom stereocenters. The zero-order chi connectivity index (χ0) is 25.9. The van der Waals surface area contributed by atoms with Gasteiger partial charge in [-0.3, -0.25) is 14.4 Å². The van der Waals surface area contributed by atoms with Crippen LogP contribution in [0.25, 0.3) is 0 Å². The smallest absolute Gasteiger partial charge is 0.262 e. The minimum atomic E-state index is -0.594. The summed E-state index contributed by atoms with van der Waals surface area (Å²) >= 11 is 3.32. The summed E-state index contributed by atoms with van der Waals surface area (Å²) in [6.45, 7) is -0.365. The van der Waals surface area contributed by atoms with Crippen molar-refractivity contribution in [2.45, 2.75) is 6.42 Å². The third kappa shape index (κ3) is 7.91. The molecule has 0 aliphatic rings. The van der Waals surface area contributed by atoms with Gasteiger partial charge in [0.05, 0.1) is 24.7 Å². The van der Waals surface area contributed by atoms with E-state index in [0.29, 0.717) is 21.5 Å². The standard InChI is InChI=1S/C25H22BrFN4O5/c1-35-22-12-16(10-11-21(22)36-15-25(34)30-20-9-5-3-7-18(20)27)14-28-31-24(33)13-23(32)29-19-8-4-2-6-17(19)26/h2-12,14H,13,15H2,1H3,(H,29,32)(H,30,34)(H,31,33). The van der Waals surface area contributed by atoms with E-state index in [9.17, 15) is 18.8 Å². The van der Waals surface area contributed by atoms with Gasteiger partial charge in [-0.1, -0.05) is 24.3 Å². The molecule has 0 fully saturated rings. The van der Waals surface area contributed by atoms with Crippen molar-refractivity contribution in [2.24, 2.45) is 5.10 Å². The van der Waals surface area contributed by atoms with Gasteiger partial charge in [-0.15, -0.1) is 0 Å². The lowest BCUT2D eigenvalue weighted by molar-refractivity contribution is -0.126. The van der Waals surface area contributed by atoms with E-state index in [0.717, 1.165) is 0 Å². The fourth-order valence-corrected chi connectivity index (χ4v) is 3.28. The quantitative estimate of drug-likeness (QED) is 0.197. The van der Waals surface area contributed by atoms with Gasteiger partial charge >= 0.3 is 0 Å². The Morgan fingerprint density at radius 2 is 1.61 bits per heavy atom. The van der Waals surface area contributed by atoms with Crippen molar-refractivity contribution in [1.29, 1.82) is 0 Å². The molecule has 9 nitrogen and oxygen atoms in total. The number of carbonyl (C=O) groups excluding carboxylic acids is 3. The van der Waals surface area contributed by atoms with Crippen LogP contribution in [0.3, 0.4) is 0 Å². The van der Waals surface area contributed by atoms with Crippen molar-refractivity contribution >= 4 is 51.2 Å². The van der Waals surface area contributed by atoms with Crippen molar-refractivity contribution in [3.8, 4) is 11.5 Å². The summed E-state index contributed by atoms with van der Waals surface area (Å²) in [4.78, 5) is 36.1. The molecule has 3 amide bonds. The average molecular weight is 557 g/mol. The maximum atomic E-state index is 13.7. The second-order valence-corrected chi connectivity index (χ2v) is 8.08. The topological polar surface area (TPSA) is 118 Å². The molecule has 186 valence electrons. The van der Waals surface area contributed by atoms with E-state index in [1.165, 1.54) is 31.5 Å². The van der Waals surface area contributed by atoms with Crippen LogP contribution in [0.5, 0.6) is 11.5 Å². The zero-order valence-electron chi connectivity index (χ0n) is 19.1. The lowest BCUT2D eigenvalue weighted by Crippen LogP contribution is -2.24. The van der Waals surface area contributed by atoms with E-state index in [2.05, 4.69) is 37.1 Å². The number of benzene rings is 3. The highest BCUT2D eigenvalue weighted by Crippen LogP contribution is 2.27. The first-order valence-electron chi connectivity index (χ1n) is 10.6. The van der Waals surface area contributed by atoms with Crippen molar-refractivity contribution in [3.05, 3.63) is 82.6 Å². The largest absolute Gasteiger partial charge is 0.493 e. The number of methoxy groups -OCH3 is 1. The molecule has 3 rings (SSSR count). The number of amides is 3. The number of anilines is 2. The molecule has 0 atom stereocenters. The highest BCUT2D eigenvalue weighted by atomic mass is 79.9. The molecule has 11 heteroatoms. The minimum absolute atomic E-state index is 0.0529. The third-order valence-corrected chi connectivity index (χ3v) is 5.26. The Balaban J connectivity index is 1.49. The van der Waals surface area contributed by atoms with Crippen molar-refractivity contribution in [1.82, 2.24) is 5.43 Å². The SMILES string of the molecule is COc1cc(C=NNC(=O)CC(=O)Nc2ccccc2Br)ccc1OCC(=O)Nc1ccccc1F. The van der Waals surface area contributed by atoms with Gasteiger partial charge in [0, 0.05) is 4.47 Å². The van der Waals surface area contributed by atoms with Gasteiger partial charge in [-0.25, -0.2) is 9.82 Å². The van der Waals surface area contributed by atoms with Crippen molar-refractivity contribution in [2.75, 3.05) is 24.4 Å². The van der Waals surface area contributed by atoms with Crippen LogP contribution < -0.4 is 25.5 Å². The second kappa shape index (κ2) is 13.0. The van der Waals surface area contributed by atoms with E-state index < -0.39 is 30.0 Å². The first kappa shape index (κ1) is 26.4. The van der Waals surface area contributed by atoms with Crippen molar-refractivity contribution in [3.63, 3.8) is 0 Å². The molecule has 0 heterocycles. The van der Waals surface area contributed by atoms with Crippen LogP contribution in [0, 0.1) is 5.82 Å². The fourth-order valence-electron chi connectivity index (χ4n) is 2.90. The Kier molecular flexibility index (Phi) is 9.52. The monoisotopic (exact) mass is 556 g/mol. The van der Waals surface area contributed by atoms with Crippen LogP contribution in [-0.4, -0.2) is 37.7 Å². The molecule has 0 aliphatic heterocycles. The molecule has 3 aromatic rings. The summed E-state index contributed by atoms with van der Waals surface area (Å²) < 4.78 is 25.1. The Morgan fingerprint density at radius 3 is 2.33 bits per heavy atom. The molecule has 36 heavy (non-hydrogen) atoms. The number of rotatable bonds is 10. The van der Waals surface area contributed by atoms with Crippen LogP contribution in [0.1, 0.15) is 12.0 Å². The van der Waals surface area contributed by atoms with Crippen LogP contribution >= 0.6 is 15.9 Å². The maximum absolute atomic E-state index is 13.7. The molecule has 0 saturated carbocycles. The molecule has 0 saturated heterocycles. The van der Waals surface area contributed by atoms with Gasteiger partial charge in [0.25, 0.3) is 5.91 Å². The van der Waals surface area contributed by atoms with E-state index in [4.69, 9.17) is 9.47 Å². The summed E-state index contributed by atoms with van der Waals surface area (Å²) in [5.41, 5.74) is 3.45. The number of halogens is 2. The second-order valence-electron chi connectivity index (χ2n) is 7.22. The van der Waals surface area contributed by atoms with Gasteiger partial charge in [-0.05, 0) is 64.0 Å². The fraction of sp³-hybridized carbons (Fsp3) is 0.120. The lowest BCUT2D eigenvalue weighted by Gasteiger charge is -2.11. The van der Waals surface area contributed by atoms with Crippen LogP contribution in [0.15, 0.2) is 76.3 Å². The summed E-state index contributed by atoms with van der Waals surface area (Å²) in [7, 11) is 1.42. The normalized spacial score (nSPS) is 10.5. The highest BCUT2D eigenvalue weighted by molar-refractivity contribution is 9.10. The van der Waals surface area contributed by atoms with E-state index in [1.54, 1.807) is 48.5 Å². The number of carbonyl (C=O) groups is 3. The highest BCUT2D eigenvalue weighted by Gasteiger charge is 2.12. The average Bonchev–Trinajstić information content (AvgIpc) is 2.86. The number of hydrogen-bond donors (Lipinski definition) is 3. The Hall–Kier alpha value is -4.25. The summed E-state index contributed by atoms with van der Waals surface area (Å²) in [5, 5.41) is 8.90. The van der Waals surface area contributed by atoms with E-state index in [1.807, 2.05) is 0 Å². The predicted molar refractivity (Wildman–Crippen MR) is 137 cm³/mol. The Bertz CT molecular complexity index is 1280. The molecule has 3 N–H and O–H groups in total. The predicted octanol–water partition coefficient (Wildman–Crippen LogP) is 4.09. The van der Waals surface area contributed by atoms with Gasteiger partial charge < -0.3 is 20.1 Å². The molecular formula is C25H22BrFN4O5. The molecule has 0 aliphatic carbocycles. The Morgan fingerprint density at radius 1 is 0.917 bits per heavy atom. The van der Waals surface area contributed by atoms with Gasteiger partial charge in [0.15, 0.2) is 18.1 Å². The molecule has 3 aromatic carbocycles. The third-order valence-electron chi connectivity index (χ3n) is 4.57. The first-order chi connectivity index (χ1) is 17.4. The molecule has 0 spiro atoms. The number of hydrogen-bond acceptors (Lipinski definition) is 6.